The second-order valence-corrected chi connectivity index (χ2v) is 13.3. The van der Waals surface area contributed by atoms with Crippen molar-refractivity contribution in [2.75, 3.05) is 0 Å². The summed E-state index contributed by atoms with van der Waals surface area (Å²) < 4.78 is 11.9. The van der Waals surface area contributed by atoms with E-state index in [0.717, 1.165) is 87.7 Å². The van der Waals surface area contributed by atoms with Crippen LogP contribution >= 0.6 is 23.5 Å². The minimum Gasteiger partial charge on any atom is -0.484 e. The Morgan fingerprint density at radius 1 is 0.659 bits per heavy atom. The number of ketones is 2. The number of nitro groups is 2. The number of carbonyl (C=O) groups excluding carboxylic acids is 2. The first kappa shape index (κ1) is 33.5. The summed E-state index contributed by atoms with van der Waals surface area (Å²) in [4.78, 5) is 50.8. The Hall–Kier alpha value is -3.38. The molecule has 2 aliphatic heterocycles. The molecule has 44 heavy (non-hydrogen) atoms. The fourth-order valence-corrected chi connectivity index (χ4v) is 7.54. The lowest BCUT2D eigenvalue weighted by Gasteiger charge is -2.15. The molecule has 0 saturated carbocycles. The molecular formula is C32H38N2O8S2. The van der Waals surface area contributed by atoms with Crippen molar-refractivity contribution in [1.29, 1.82) is 0 Å². The number of allylic oxidation sites excluding steroid dienone is 2. The molecule has 0 fully saturated rings. The number of nitrogens with zero attached hydrogens (tertiary/aromatic N) is 2. The Kier molecular flexibility index (Phi) is 11.5. The molecule has 10 nitrogen and oxygen atoms in total. The summed E-state index contributed by atoms with van der Waals surface area (Å²) in [6, 6.07) is 5.44. The maximum absolute atomic E-state index is 13.5. The van der Waals surface area contributed by atoms with Crippen LogP contribution in [0.1, 0.15) is 113 Å². The number of ether oxygens (including phenoxy) is 2. The summed E-state index contributed by atoms with van der Waals surface area (Å²) in [6.07, 6.45) is 9.41. The van der Waals surface area contributed by atoms with Crippen molar-refractivity contribution in [2.24, 2.45) is 0 Å². The van der Waals surface area contributed by atoms with Crippen molar-refractivity contribution in [3.05, 3.63) is 65.4 Å². The van der Waals surface area contributed by atoms with E-state index < -0.39 is 21.4 Å². The van der Waals surface area contributed by atoms with Gasteiger partial charge in [-0.2, -0.15) is 0 Å². The van der Waals surface area contributed by atoms with Crippen LogP contribution in [-0.4, -0.2) is 33.6 Å². The van der Waals surface area contributed by atoms with Gasteiger partial charge in [-0.3, -0.25) is 29.8 Å². The van der Waals surface area contributed by atoms with Crippen LogP contribution in [0.2, 0.25) is 0 Å². The SMILES string of the molecule is CCCCCC[C@@H](C)Oc1cc2c(cc1[N+](=O)[O-])C(=O)/C(=C1/Sc3cc(O[C@H](C)CCCCCC)c([N+](=O)[O-])cc3C1=O)S2. The number of benzene rings is 2. The lowest BCUT2D eigenvalue weighted by atomic mass is 10.1. The van der Waals surface area contributed by atoms with Gasteiger partial charge in [-0.25, -0.2) is 0 Å². The monoisotopic (exact) mass is 642 g/mol. The van der Waals surface area contributed by atoms with Gasteiger partial charge in [0.2, 0.25) is 11.6 Å². The summed E-state index contributed by atoms with van der Waals surface area (Å²) >= 11 is 2.12. The number of hydrogen-bond donors (Lipinski definition) is 0. The maximum Gasteiger partial charge on any atom is 0.311 e. The second kappa shape index (κ2) is 15.1. The number of fused-ring (bicyclic) bond motifs is 2. The number of hydrogen-bond acceptors (Lipinski definition) is 10. The lowest BCUT2D eigenvalue weighted by Crippen LogP contribution is -2.13. The molecule has 0 N–H and O–H groups in total. The molecule has 0 aliphatic carbocycles. The Bertz CT molecular complexity index is 1380. The molecule has 0 amide bonds. The van der Waals surface area contributed by atoms with Crippen LogP contribution < -0.4 is 9.47 Å². The standard InChI is InChI=1S/C32H38N2O8S2/c1-5-7-9-11-13-19(3)41-25-17-27-21(15-23(25)33(37)38)29(35)31(43-27)32-30(36)22-16-24(34(39)40)26(18-28(22)44-32)42-20(4)14-12-10-8-6-2/h15-20H,5-14H2,1-4H3/b32-31-/t19-,20-/m1/s1. The van der Waals surface area contributed by atoms with Crippen molar-refractivity contribution in [3.63, 3.8) is 0 Å². The van der Waals surface area contributed by atoms with Gasteiger partial charge in [0.05, 0.1) is 31.9 Å². The van der Waals surface area contributed by atoms with Crippen LogP contribution in [0, 0.1) is 20.2 Å². The van der Waals surface area contributed by atoms with E-state index in [1.165, 1.54) is 24.3 Å². The summed E-state index contributed by atoms with van der Waals surface area (Å²) in [7, 11) is 0. The van der Waals surface area contributed by atoms with Gasteiger partial charge in [0.15, 0.2) is 11.5 Å². The fourth-order valence-electron chi connectivity index (χ4n) is 5.22. The van der Waals surface area contributed by atoms with Crippen LogP contribution in [0.25, 0.3) is 0 Å². The first-order chi connectivity index (χ1) is 21.0. The van der Waals surface area contributed by atoms with Gasteiger partial charge < -0.3 is 9.47 Å². The molecule has 0 radical (unpaired) electrons. The van der Waals surface area contributed by atoms with Crippen LogP contribution in [0.5, 0.6) is 11.5 Å². The molecule has 0 saturated heterocycles. The third-order valence-corrected chi connectivity index (χ3v) is 10.1. The number of Topliss-reactive ketones (excluding diaryl/α,β-unsaturated/α-hetero) is 2. The summed E-state index contributed by atoms with van der Waals surface area (Å²) in [6.45, 7) is 7.98. The molecule has 12 heteroatoms. The lowest BCUT2D eigenvalue weighted by molar-refractivity contribution is -0.386. The van der Waals surface area contributed by atoms with E-state index in [2.05, 4.69) is 13.8 Å². The van der Waals surface area contributed by atoms with Crippen LogP contribution in [-0.2, 0) is 0 Å². The van der Waals surface area contributed by atoms with Gasteiger partial charge in [-0.1, -0.05) is 75.9 Å². The highest BCUT2D eigenvalue weighted by molar-refractivity contribution is 8.08. The Morgan fingerprint density at radius 2 is 1.05 bits per heavy atom. The fraction of sp³-hybridized carbons (Fsp3) is 0.500. The summed E-state index contributed by atoms with van der Waals surface area (Å²) in [5.41, 5.74) is -0.356. The number of carbonyl (C=O) groups is 2. The topological polar surface area (TPSA) is 139 Å². The van der Waals surface area contributed by atoms with E-state index in [0.29, 0.717) is 9.79 Å². The average Bonchev–Trinajstić information content (AvgIpc) is 3.47. The smallest absolute Gasteiger partial charge is 0.311 e. The first-order valence-electron chi connectivity index (χ1n) is 15.2. The molecule has 0 aromatic heterocycles. The van der Waals surface area contributed by atoms with Crippen LogP contribution in [0.3, 0.4) is 0 Å². The van der Waals surface area contributed by atoms with Crippen molar-refractivity contribution >= 4 is 46.5 Å². The van der Waals surface area contributed by atoms with Crippen molar-refractivity contribution in [2.45, 2.75) is 114 Å². The number of nitro benzene ring substituents is 2. The highest BCUT2D eigenvalue weighted by Crippen LogP contribution is 2.53. The minimum atomic E-state index is -0.570. The zero-order valence-electron chi connectivity index (χ0n) is 25.5. The third kappa shape index (κ3) is 7.63. The van der Waals surface area contributed by atoms with E-state index >= 15 is 0 Å². The molecule has 2 aliphatic rings. The molecule has 236 valence electrons. The average molecular weight is 643 g/mol. The number of thioether (sulfide) groups is 2. The van der Waals surface area contributed by atoms with E-state index in [1.54, 1.807) is 0 Å². The summed E-state index contributed by atoms with van der Waals surface area (Å²) in [5, 5.41) is 23.8. The Balaban J connectivity index is 1.58. The van der Waals surface area contributed by atoms with Crippen molar-refractivity contribution in [1.82, 2.24) is 0 Å². The van der Waals surface area contributed by atoms with Gasteiger partial charge in [0.25, 0.3) is 0 Å². The largest absolute Gasteiger partial charge is 0.484 e. The second-order valence-electron chi connectivity index (χ2n) is 11.2. The van der Waals surface area contributed by atoms with E-state index in [9.17, 15) is 29.8 Å². The molecule has 0 unspecified atom stereocenters. The highest BCUT2D eigenvalue weighted by Gasteiger charge is 2.39. The zero-order valence-corrected chi connectivity index (χ0v) is 27.1. The van der Waals surface area contributed by atoms with Gasteiger partial charge >= 0.3 is 11.4 Å². The van der Waals surface area contributed by atoms with E-state index in [1.807, 2.05) is 13.8 Å². The van der Waals surface area contributed by atoms with Gasteiger partial charge in [-0.15, -0.1) is 0 Å². The first-order valence-corrected chi connectivity index (χ1v) is 16.9. The molecule has 2 aromatic carbocycles. The maximum atomic E-state index is 13.5. The Morgan fingerprint density at radius 3 is 1.39 bits per heavy atom. The highest BCUT2D eigenvalue weighted by atomic mass is 32.2. The summed E-state index contributed by atoms with van der Waals surface area (Å²) in [5.74, 6) is -0.832. The molecular weight excluding hydrogens is 604 g/mol. The van der Waals surface area contributed by atoms with Crippen molar-refractivity contribution in [3.8, 4) is 11.5 Å². The number of rotatable bonds is 16. The predicted octanol–water partition coefficient (Wildman–Crippen LogP) is 9.47. The predicted molar refractivity (Wildman–Crippen MR) is 171 cm³/mol. The number of unbranched alkanes of at least 4 members (excludes halogenated alkanes) is 6. The molecule has 0 bridgehead atoms. The van der Waals surface area contributed by atoms with E-state index in [4.69, 9.17) is 9.47 Å². The molecule has 2 aromatic rings. The van der Waals surface area contributed by atoms with E-state index in [-0.39, 0.29) is 56.0 Å². The molecule has 4 rings (SSSR count). The minimum absolute atomic E-state index is 0.0817. The van der Waals surface area contributed by atoms with Crippen LogP contribution in [0.4, 0.5) is 11.4 Å². The van der Waals surface area contributed by atoms with Crippen molar-refractivity contribution < 1.29 is 28.9 Å². The van der Waals surface area contributed by atoms with Gasteiger partial charge in [-0.05, 0) is 39.5 Å². The molecule has 0 spiro atoms. The Labute approximate surface area is 265 Å². The third-order valence-electron chi connectivity index (χ3n) is 7.63. The van der Waals surface area contributed by atoms with Crippen LogP contribution in [0.15, 0.2) is 43.9 Å². The zero-order chi connectivity index (χ0) is 32.0. The van der Waals surface area contributed by atoms with Gasteiger partial charge in [0, 0.05) is 45.2 Å². The molecule has 2 heterocycles. The molecule has 2 atom stereocenters. The normalized spacial score (nSPS) is 16.9. The van der Waals surface area contributed by atoms with Gasteiger partial charge in [0.1, 0.15) is 0 Å². The quantitative estimate of drug-likeness (QED) is 0.0752.